The Morgan fingerprint density at radius 2 is 1.96 bits per heavy atom. The summed E-state index contributed by atoms with van der Waals surface area (Å²) in [6.07, 6.45) is 2.03. The Bertz CT molecular complexity index is 871. The van der Waals surface area contributed by atoms with Gasteiger partial charge < -0.3 is 9.26 Å². The maximum atomic E-state index is 12.9. The first-order valence-electron chi connectivity index (χ1n) is 8.16. The number of aromatic nitrogens is 1. The molecule has 2 heterocycles. The molecule has 140 valence electrons. The van der Waals surface area contributed by atoms with Gasteiger partial charge in [-0.3, -0.25) is 4.79 Å². The first-order valence-corrected chi connectivity index (χ1v) is 10.0. The van der Waals surface area contributed by atoms with Crippen molar-refractivity contribution >= 4 is 16.0 Å². The molecule has 0 amide bonds. The molecule has 0 bridgehead atoms. The fraction of sp³-hybridized carbons (Fsp3) is 0.412. The quantitative estimate of drug-likeness (QED) is 0.737. The molecule has 26 heavy (non-hydrogen) atoms. The summed E-state index contributed by atoms with van der Waals surface area (Å²) in [5, 5.41) is 3.84. The van der Waals surface area contributed by atoms with Gasteiger partial charge in [-0.05, 0) is 37.1 Å². The number of ether oxygens (including phenoxy) is 1. The van der Waals surface area contributed by atoms with Crippen molar-refractivity contribution in [1.29, 1.82) is 0 Å². The van der Waals surface area contributed by atoms with E-state index in [2.05, 4.69) is 5.16 Å². The summed E-state index contributed by atoms with van der Waals surface area (Å²) in [7, 11) is -3.22. The lowest BCUT2D eigenvalue weighted by atomic mass is 9.98. The third-order valence-corrected chi connectivity index (χ3v) is 5.61. The van der Waals surface area contributed by atoms with Gasteiger partial charge in [-0.1, -0.05) is 5.16 Å². The molecule has 0 aliphatic carbocycles. The highest BCUT2D eigenvalue weighted by molar-refractivity contribution is 7.88. The molecular formula is C17H19FN2O5S. The number of carbonyl (C=O) groups excluding carboxylic acids is 1. The van der Waals surface area contributed by atoms with Crippen molar-refractivity contribution in [3.8, 4) is 11.3 Å². The first-order chi connectivity index (χ1) is 12.3. The predicted octanol–water partition coefficient (Wildman–Crippen LogP) is 2.20. The van der Waals surface area contributed by atoms with Gasteiger partial charge in [0.05, 0.1) is 12.2 Å². The molecular weight excluding hydrogens is 363 g/mol. The Labute approximate surface area is 150 Å². The van der Waals surface area contributed by atoms with Crippen LogP contribution in [0.1, 0.15) is 18.5 Å². The van der Waals surface area contributed by atoms with Crippen LogP contribution in [0.2, 0.25) is 0 Å². The van der Waals surface area contributed by atoms with Gasteiger partial charge in [-0.2, -0.15) is 0 Å². The number of hydrogen-bond donors (Lipinski definition) is 0. The summed E-state index contributed by atoms with van der Waals surface area (Å²) in [5.41, 5.74) is 1.12. The van der Waals surface area contributed by atoms with Crippen molar-refractivity contribution in [2.24, 2.45) is 5.92 Å². The van der Waals surface area contributed by atoms with E-state index in [1.54, 1.807) is 18.2 Å². The number of nitrogens with zero attached hydrogens (tertiary/aromatic N) is 2. The molecule has 1 aliphatic heterocycles. The van der Waals surface area contributed by atoms with E-state index < -0.39 is 10.0 Å². The largest absolute Gasteiger partial charge is 0.459 e. The highest BCUT2D eigenvalue weighted by Crippen LogP contribution is 2.23. The second-order valence-electron chi connectivity index (χ2n) is 6.23. The Kier molecular flexibility index (Phi) is 5.38. The number of halogens is 1. The normalized spacial score (nSPS) is 16.5. The van der Waals surface area contributed by atoms with Gasteiger partial charge in [0.15, 0.2) is 5.76 Å². The number of esters is 1. The van der Waals surface area contributed by atoms with E-state index in [4.69, 9.17) is 9.26 Å². The maximum absolute atomic E-state index is 12.9. The van der Waals surface area contributed by atoms with E-state index in [1.807, 2.05) is 0 Å². The molecule has 0 N–H and O–H groups in total. The molecule has 1 aromatic heterocycles. The van der Waals surface area contributed by atoms with Crippen molar-refractivity contribution in [2.75, 3.05) is 19.3 Å². The minimum atomic E-state index is -3.22. The fourth-order valence-corrected chi connectivity index (χ4v) is 3.69. The standard InChI is InChI=1S/C17H19FN2O5S/c1-26(22,23)20-8-6-13(7-9-20)17(21)24-11-15-10-16(25-19-15)12-2-4-14(18)5-3-12/h2-5,10,13H,6-9,11H2,1H3. The molecule has 7 nitrogen and oxygen atoms in total. The van der Waals surface area contributed by atoms with E-state index in [0.717, 1.165) is 6.26 Å². The van der Waals surface area contributed by atoms with Crippen LogP contribution in [0.4, 0.5) is 4.39 Å². The number of benzene rings is 1. The third-order valence-electron chi connectivity index (χ3n) is 4.31. The van der Waals surface area contributed by atoms with E-state index in [1.165, 1.54) is 16.4 Å². The fourth-order valence-electron chi connectivity index (χ4n) is 2.82. The van der Waals surface area contributed by atoms with E-state index in [0.29, 0.717) is 42.9 Å². The van der Waals surface area contributed by atoms with Crippen molar-refractivity contribution in [2.45, 2.75) is 19.4 Å². The molecule has 1 aromatic carbocycles. The summed E-state index contributed by atoms with van der Waals surface area (Å²) >= 11 is 0. The van der Waals surface area contributed by atoms with Crippen LogP contribution in [0.5, 0.6) is 0 Å². The van der Waals surface area contributed by atoms with Crippen molar-refractivity contribution in [3.05, 3.63) is 41.8 Å². The molecule has 0 unspecified atom stereocenters. The molecule has 1 fully saturated rings. The Balaban J connectivity index is 1.52. The van der Waals surface area contributed by atoms with Gasteiger partial charge in [0.2, 0.25) is 10.0 Å². The molecule has 9 heteroatoms. The topological polar surface area (TPSA) is 89.7 Å². The van der Waals surface area contributed by atoms with Gasteiger partial charge in [0.25, 0.3) is 0 Å². The number of piperidine rings is 1. The van der Waals surface area contributed by atoms with Crippen molar-refractivity contribution in [1.82, 2.24) is 9.46 Å². The smallest absolute Gasteiger partial charge is 0.309 e. The zero-order valence-electron chi connectivity index (χ0n) is 14.2. The summed E-state index contributed by atoms with van der Waals surface area (Å²) in [5.74, 6) is -0.581. The minimum Gasteiger partial charge on any atom is -0.459 e. The minimum absolute atomic E-state index is 0.0319. The van der Waals surface area contributed by atoms with E-state index in [-0.39, 0.29) is 24.3 Å². The van der Waals surface area contributed by atoms with Crippen LogP contribution in [0, 0.1) is 11.7 Å². The zero-order valence-corrected chi connectivity index (χ0v) is 15.0. The van der Waals surface area contributed by atoms with Gasteiger partial charge in [0, 0.05) is 24.7 Å². The van der Waals surface area contributed by atoms with Crippen molar-refractivity contribution in [3.63, 3.8) is 0 Å². The van der Waals surface area contributed by atoms with Gasteiger partial charge >= 0.3 is 5.97 Å². The first kappa shape index (κ1) is 18.5. The lowest BCUT2D eigenvalue weighted by Crippen LogP contribution is -2.40. The monoisotopic (exact) mass is 382 g/mol. The summed E-state index contributed by atoms with van der Waals surface area (Å²) in [6, 6.07) is 7.41. The number of sulfonamides is 1. The van der Waals surface area contributed by atoms with Crippen molar-refractivity contribution < 1.29 is 26.9 Å². The second-order valence-corrected chi connectivity index (χ2v) is 8.22. The average Bonchev–Trinajstić information content (AvgIpc) is 3.08. The molecule has 0 spiro atoms. The van der Waals surface area contributed by atoms with Crippen LogP contribution in [0.25, 0.3) is 11.3 Å². The Morgan fingerprint density at radius 3 is 2.58 bits per heavy atom. The van der Waals surface area contributed by atoms with Gasteiger partial charge in [-0.15, -0.1) is 0 Å². The third kappa shape index (κ3) is 4.47. The van der Waals surface area contributed by atoms with Crippen LogP contribution in [-0.4, -0.2) is 43.2 Å². The van der Waals surface area contributed by atoms with Gasteiger partial charge in [0.1, 0.15) is 18.1 Å². The van der Waals surface area contributed by atoms with Crippen LogP contribution >= 0.6 is 0 Å². The predicted molar refractivity (Wildman–Crippen MR) is 90.8 cm³/mol. The molecule has 1 aliphatic rings. The summed E-state index contributed by atoms with van der Waals surface area (Å²) in [6.45, 7) is 0.602. The lowest BCUT2D eigenvalue weighted by Gasteiger charge is -2.28. The Hall–Kier alpha value is -2.26. The summed E-state index contributed by atoms with van der Waals surface area (Å²) < 4.78 is 47.7. The van der Waals surface area contributed by atoms with Gasteiger partial charge in [-0.25, -0.2) is 17.1 Å². The van der Waals surface area contributed by atoms with Crippen LogP contribution in [0.3, 0.4) is 0 Å². The number of rotatable bonds is 5. The number of carbonyl (C=O) groups is 1. The second kappa shape index (κ2) is 7.55. The maximum Gasteiger partial charge on any atom is 0.309 e. The van der Waals surface area contributed by atoms with Crippen LogP contribution in [-0.2, 0) is 26.2 Å². The molecule has 3 rings (SSSR count). The Morgan fingerprint density at radius 1 is 1.31 bits per heavy atom. The highest BCUT2D eigenvalue weighted by atomic mass is 32.2. The molecule has 2 aromatic rings. The average molecular weight is 382 g/mol. The summed E-state index contributed by atoms with van der Waals surface area (Å²) in [4.78, 5) is 12.2. The SMILES string of the molecule is CS(=O)(=O)N1CCC(C(=O)OCc2cc(-c3ccc(F)cc3)on2)CC1. The zero-order chi connectivity index (χ0) is 18.7. The lowest BCUT2D eigenvalue weighted by molar-refractivity contribution is -0.151. The molecule has 0 atom stereocenters. The van der Waals surface area contributed by atoms with Crippen LogP contribution in [0.15, 0.2) is 34.9 Å². The van der Waals surface area contributed by atoms with Crippen LogP contribution < -0.4 is 0 Å². The molecule has 0 radical (unpaired) electrons. The molecule has 0 saturated carbocycles. The van der Waals surface area contributed by atoms with E-state index >= 15 is 0 Å². The van der Waals surface area contributed by atoms with E-state index in [9.17, 15) is 17.6 Å². The molecule has 1 saturated heterocycles. The number of hydrogen-bond acceptors (Lipinski definition) is 6. The highest BCUT2D eigenvalue weighted by Gasteiger charge is 2.30.